The van der Waals surface area contributed by atoms with Crippen molar-refractivity contribution in [2.24, 2.45) is 0 Å². The fourth-order valence-corrected chi connectivity index (χ4v) is 2.30. The van der Waals surface area contributed by atoms with Crippen molar-refractivity contribution in [2.45, 2.75) is 45.3 Å². The molecule has 0 bridgehead atoms. The van der Waals surface area contributed by atoms with Crippen molar-refractivity contribution < 1.29 is 28.9 Å². The Kier molecular flexibility index (Phi) is 7.70. The number of methoxy groups -OCH3 is 2. The zero-order valence-corrected chi connectivity index (χ0v) is 15.4. The molecule has 0 fully saturated rings. The summed E-state index contributed by atoms with van der Waals surface area (Å²) in [5.74, 6) is 0.0953. The fraction of sp³-hybridized carbons (Fsp3) is 0.556. The van der Waals surface area contributed by atoms with E-state index in [0.29, 0.717) is 12.2 Å². The van der Waals surface area contributed by atoms with E-state index in [1.807, 2.05) is 6.07 Å². The summed E-state index contributed by atoms with van der Waals surface area (Å²) in [4.78, 5) is 23.9. The molecule has 25 heavy (non-hydrogen) atoms. The maximum absolute atomic E-state index is 12.0. The molecule has 0 saturated carbocycles. The Hall–Kier alpha value is -2.28. The van der Waals surface area contributed by atoms with Gasteiger partial charge in [-0.2, -0.15) is 0 Å². The van der Waals surface area contributed by atoms with Crippen LogP contribution in [-0.2, 0) is 27.1 Å². The second-order valence-corrected chi connectivity index (χ2v) is 6.55. The van der Waals surface area contributed by atoms with Crippen LogP contribution in [0.4, 0.5) is 4.79 Å². The summed E-state index contributed by atoms with van der Waals surface area (Å²) >= 11 is 0. The van der Waals surface area contributed by atoms with Crippen molar-refractivity contribution in [3.05, 3.63) is 29.3 Å². The highest BCUT2D eigenvalue weighted by Gasteiger charge is 2.25. The molecule has 0 unspecified atom stereocenters. The number of nitrogens with one attached hydrogen (secondary N) is 1. The molecule has 0 spiro atoms. The standard InChI is InChI=1S/C18H27NO6/c1-18(2,3)25-17(22)19-14(16(21)24-5)11-12-6-7-15(23-4)13(10-12)8-9-20/h6-7,10,14,20H,8-9,11H2,1-5H3,(H,19,22)/t14-/m0/s1. The third-order valence-corrected chi connectivity index (χ3v) is 3.34. The van der Waals surface area contributed by atoms with Crippen LogP contribution in [0, 0.1) is 0 Å². The quantitative estimate of drug-likeness (QED) is 0.727. The van der Waals surface area contributed by atoms with Gasteiger partial charge in [0.1, 0.15) is 17.4 Å². The van der Waals surface area contributed by atoms with Crippen LogP contribution in [0.2, 0.25) is 0 Å². The molecular weight excluding hydrogens is 326 g/mol. The molecule has 1 aromatic rings. The minimum absolute atomic E-state index is 0.0175. The van der Waals surface area contributed by atoms with Crippen molar-refractivity contribution in [2.75, 3.05) is 20.8 Å². The molecule has 0 heterocycles. The monoisotopic (exact) mass is 353 g/mol. The zero-order chi connectivity index (χ0) is 19.0. The Morgan fingerprint density at radius 2 is 1.92 bits per heavy atom. The summed E-state index contributed by atoms with van der Waals surface area (Å²) in [7, 11) is 2.81. The molecule has 140 valence electrons. The average Bonchev–Trinajstić information content (AvgIpc) is 2.52. The summed E-state index contributed by atoms with van der Waals surface area (Å²) in [6.07, 6.45) is -0.0275. The second kappa shape index (κ2) is 9.27. The molecule has 1 atom stereocenters. The molecule has 1 aromatic carbocycles. The molecule has 0 aliphatic heterocycles. The number of alkyl carbamates (subject to hydrolysis) is 1. The first-order valence-corrected chi connectivity index (χ1v) is 8.04. The molecule has 0 saturated heterocycles. The fourth-order valence-electron chi connectivity index (χ4n) is 2.30. The van der Waals surface area contributed by atoms with Crippen molar-refractivity contribution in [1.82, 2.24) is 5.32 Å². The van der Waals surface area contributed by atoms with E-state index in [0.717, 1.165) is 11.1 Å². The SMILES string of the molecule is COC(=O)[C@H](Cc1ccc(OC)c(CCO)c1)NC(=O)OC(C)(C)C. The van der Waals surface area contributed by atoms with E-state index in [4.69, 9.17) is 19.3 Å². The molecular formula is C18H27NO6. The van der Waals surface area contributed by atoms with Crippen LogP contribution in [0.5, 0.6) is 5.75 Å². The predicted molar refractivity (Wildman–Crippen MR) is 92.7 cm³/mol. The first kappa shape index (κ1) is 20.8. The molecule has 0 aromatic heterocycles. The number of hydrogen-bond acceptors (Lipinski definition) is 6. The Labute approximate surface area is 148 Å². The molecule has 1 rings (SSSR count). The second-order valence-electron chi connectivity index (χ2n) is 6.55. The van der Waals surface area contributed by atoms with Crippen molar-refractivity contribution in [1.29, 1.82) is 0 Å². The number of rotatable bonds is 7. The maximum atomic E-state index is 12.0. The first-order chi connectivity index (χ1) is 11.7. The molecule has 2 N–H and O–H groups in total. The minimum Gasteiger partial charge on any atom is -0.496 e. The molecule has 7 nitrogen and oxygen atoms in total. The summed E-state index contributed by atoms with van der Waals surface area (Å²) in [6, 6.07) is 4.52. The van der Waals surface area contributed by atoms with E-state index >= 15 is 0 Å². The van der Waals surface area contributed by atoms with Gasteiger partial charge in [-0.3, -0.25) is 0 Å². The highest BCUT2D eigenvalue weighted by atomic mass is 16.6. The molecule has 7 heteroatoms. The average molecular weight is 353 g/mol. The minimum atomic E-state index is -0.879. The van der Waals surface area contributed by atoms with Crippen LogP contribution >= 0.6 is 0 Å². The van der Waals surface area contributed by atoms with Crippen LogP contribution in [-0.4, -0.2) is 49.6 Å². The van der Waals surface area contributed by atoms with E-state index in [2.05, 4.69) is 5.32 Å². The number of ether oxygens (including phenoxy) is 3. The van der Waals surface area contributed by atoms with Gasteiger partial charge in [-0.15, -0.1) is 0 Å². The van der Waals surface area contributed by atoms with Crippen LogP contribution in [0.3, 0.4) is 0 Å². The lowest BCUT2D eigenvalue weighted by Crippen LogP contribution is -2.45. The predicted octanol–water partition coefficient (Wildman–Crippen LogP) is 1.84. The third kappa shape index (κ3) is 7.01. The number of aliphatic hydroxyl groups excluding tert-OH is 1. The highest BCUT2D eigenvalue weighted by molar-refractivity contribution is 5.81. The molecule has 0 aliphatic carbocycles. The summed E-state index contributed by atoms with van der Waals surface area (Å²) < 4.78 is 15.2. The van der Waals surface area contributed by atoms with E-state index in [9.17, 15) is 9.59 Å². The van der Waals surface area contributed by atoms with Gasteiger partial charge in [-0.25, -0.2) is 9.59 Å². The summed E-state index contributed by atoms with van der Waals surface area (Å²) in [5, 5.41) is 11.7. The largest absolute Gasteiger partial charge is 0.496 e. The summed E-state index contributed by atoms with van der Waals surface area (Å²) in [6.45, 7) is 5.20. The van der Waals surface area contributed by atoms with Gasteiger partial charge in [-0.05, 0) is 44.4 Å². The number of carbonyl (C=O) groups excluding carboxylic acids is 2. The van der Waals surface area contributed by atoms with Gasteiger partial charge >= 0.3 is 12.1 Å². The Bertz CT molecular complexity index is 594. The Morgan fingerprint density at radius 1 is 1.24 bits per heavy atom. The summed E-state index contributed by atoms with van der Waals surface area (Å²) in [5.41, 5.74) is 0.957. The smallest absolute Gasteiger partial charge is 0.408 e. The van der Waals surface area contributed by atoms with E-state index in [-0.39, 0.29) is 13.0 Å². The maximum Gasteiger partial charge on any atom is 0.408 e. The van der Waals surface area contributed by atoms with Crippen molar-refractivity contribution >= 4 is 12.1 Å². The van der Waals surface area contributed by atoms with Gasteiger partial charge in [0.05, 0.1) is 14.2 Å². The number of esters is 1. The van der Waals surface area contributed by atoms with Crippen LogP contribution in [0.1, 0.15) is 31.9 Å². The van der Waals surface area contributed by atoms with E-state index in [1.165, 1.54) is 7.11 Å². The molecule has 0 radical (unpaired) electrons. The van der Waals surface area contributed by atoms with Gasteiger partial charge in [0.15, 0.2) is 0 Å². The van der Waals surface area contributed by atoms with Crippen LogP contribution in [0.25, 0.3) is 0 Å². The first-order valence-electron chi connectivity index (χ1n) is 8.04. The lowest BCUT2D eigenvalue weighted by Gasteiger charge is -2.23. The molecule has 1 amide bonds. The highest BCUT2D eigenvalue weighted by Crippen LogP contribution is 2.21. The van der Waals surface area contributed by atoms with Gasteiger partial charge in [-0.1, -0.05) is 12.1 Å². The number of benzene rings is 1. The lowest BCUT2D eigenvalue weighted by atomic mass is 10.0. The van der Waals surface area contributed by atoms with Gasteiger partial charge in [0.2, 0.25) is 0 Å². The Morgan fingerprint density at radius 3 is 2.44 bits per heavy atom. The van der Waals surface area contributed by atoms with Crippen LogP contribution < -0.4 is 10.1 Å². The van der Waals surface area contributed by atoms with Gasteiger partial charge < -0.3 is 24.6 Å². The zero-order valence-electron chi connectivity index (χ0n) is 15.4. The third-order valence-electron chi connectivity index (χ3n) is 3.34. The normalized spacial score (nSPS) is 12.2. The van der Waals surface area contributed by atoms with Crippen LogP contribution in [0.15, 0.2) is 18.2 Å². The van der Waals surface area contributed by atoms with Gasteiger partial charge in [0, 0.05) is 13.0 Å². The van der Waals surface area contributed by atoms with Crippen molar-refractivity contribution in [3.63, 3.8) is 0 Å². The Balaban J connectivity index is 2.93. The number of amides is 1. The topological polar surface area (TPSA) is 94.1 Å². The van der Waals surface area contributed by atoms with Gasteiger partial charge in [0.25, 0.3) is 0 Å². The number of hydrogen-bond donors (Lipinski definition) is 2. The van der Waals surface area contributed by atoms with E-state index in [1.54, 1.807) is 40.0 Å². The lowest BCUT2D eigenvalue weighted by molar-refractivity contribution is -0.143. The van der Waals surface area contributed by atoms with Crippen molar-refractivity contribution in [3.8, 4) is 5.75 Å². The van der Waals surface area contributed by atoms with E-state index < -0.39 is 23.7 Å². The molecule has 0 aliphatic rings. The number of aliphatic hydroxyl groups is 1. The number of carbonyl (C=O) groups is 2.